The van der Waals surface area contributed by atoms with E-state index in [0.29, 0.717) is 13.2 Å². The van der Waals surface area contributed by atoms with E-state index in [9.17, 15) is 0 Å². The number of hydrogen-bond donors (Lipinski definition) is 0. The van der Waals surface area contributed by atoms with Gasteiger partial charge in [0.25, 0.3) is 0 Å². The molecule has 0 aromatic rings. The van der Waals surface area contributed by atoms with Crippen molar-refractivity contribution in [3.8, 4) is 0 Å². The van der Waals surface area contributed by atoms with Crippen molar-refractivity contribution in [2.75, 3.05) is 19.8 Å². The van der Waals surface area contributed by atoms with Crippen LogP contribution in [0.25, 0.3) is 0 Å². The van der Waals surface area contributed by atoms with Gasteiger partial charge >= 0.3 is 0 Å². The molecule has 0 bridgehead atoms. The highest BCUT2D eigenvalue weighted by Gasteiger charge is 2.08. The second kappa shape index (κ2) is 11.9. The maximum Gasteiger partial charge on any atom is 0.0707 e. The Kier molecular flexibility index (Phi) is 21.2. The molecular weight excluding hydrogens is 164 g/mol. The Bertz CT molecular complexity index is 74.6. The van der Waals surface area contributed by atoms with Gasteiger partial charge in [0.15, 0.2) is 0 Å². The van der Waals surface area contributed by atoms with Gasteiger partial charge in [0.2, 0.25) is 0 Å². The average Bonchev–Trinajstić information content (AvgIpc) is 1.78. The zero-order valence-electron chi connectivity index (χ0n) is 7.44. The van der Waals surface area contributed by atoms with Gasteiger partial charge in [-0.3, -0.25) is 0 Å². The van der Waals surface area contributed by atoms with E-state index in [1.54, 1.807) is 0 Å². The Morgan fingerprint density at radius 2 is 1.38 bits per heavy atom. The van der Waals surface area contributed by atoms with Crippen LogP contribution < -0.4 is 0 Å². The molecule has 0 atom stereocenters. The molecule has 0 aliphatic carbocycles. The summed E-state index contributed by atoms with van der Waals surface area (Å²) in [7, 11) is 0. The van der Waals surface area contributed by atoms with Crippen LogP contribution in [0.2, 0.25) is 0 Å². The summed E-state index contributed by atoms with van der Waals surface area (Å²) in [6, 6.07) is 0. The molecule has 2 heteroatoms. The summed E-state index contributed by atoms with van der Waals surface area (Å²) in [4.78, 5) is 0. The maximum atomic E-state index is 5.41. The van der Waals surface area contributed by atoms with Crippen molar-refractivity contribution in [1.29, 1.82) is 0 Å². The van der Waals surface area contributed by atoms with Gasteiger partial charge in [0.1, 0.15) is 0 Å². The predicted molar refractivity (Wildman–Crippen MR) is 62.4 cm³/mol. The Morgan fingerprint density at radius 1 is 0.923 bits per heavy atom. The molecule has 0 saturated heterocycles. The van der Waals surface area contributed by atoms with Crippen LogP contribution in [0, 0.1) is 0 Å². The van der Waals surface area contributed by atoms with Crippen LogP contribution in [-0.2, 0) is 9.47 Å². The quantitative estimate of drug-likeness (QED) is 0.635. The summed E-state index contributed by atoms with van der Waals surface area (Å²) in [5.41, 5.74) is -0.0307. The highest BCUT2D eigenvalue weighted by atomic mass is 16.5. The SMILES string of the molecule is C.C.C.CCOCCOC(C)(C)C. The van der Waals surface area contributed by atoms with Crippen LogP contribution in [0.4, 0.5) is 0 Å². The lowest BCUT2D eigenvalue weighted by Gasteiger charge is -2.19. The maximum absolute atomic E-state index is 5.41. The van der Waals surface area contributed by atoms with Gasteiger partial charge in [-0.15, -0.1) is 0 Å². The zero-order valence-corrected chi connectivity index (χ0v) is 7.44. The van der Waals surface area contributed by atoms with Crippen molar-refractivity contribution in [3.63, 3.8) is 0 Å². The van der Waals surface area contributed by atoms with Crippen molar-refractivity contribution < 1.29 is 9.47 Å². The summed E-state index contributed by atoms with van der Waals surface area (Å²) in [5.74, 6) is 0. The predicted octanol–water partition coefficient (Wildman–Crippen LogP) is 3.75. The lowest BCUT2D eigenvalue weighted by atomic mass is 10.2. The summed E-state index contributed by atoms with van der Waals surface area (Å²) in [6.45, 7) is 10.3. The van der Waals surface area contributed by atoms with Crippen molar-refractivity contribution in [2.45, 2.75) is 55.6 Å². The van der Waals surface area contributed by atoms with Crippen LogP contribution >= 0.6 is 0 Å². The topological polar surface area (TPSA) is 18.5 Å². The largest absolute Gasteiger partial charge is 0.379 e. The summed E-state index contributed by atoms with van der Waals surface area (Å²) in [6.07, 6.45) is 0. The normalized spacial score (nSPS) is 9.23. The Morgan fingerprint density at radius 3 is 1.69 bits per heavy atom. The van der Waals surface area contributed by atoms with Crippen LogP contribution in [0.3, 0.4) is 0 Å². The molecular formula is C11H30O2. The zero-order chi connectivity index (χ0) is 8.04. The first-order valence-corrected chi connectivity index (χ1v) is 3.78. The molecule has 0 N–H and O–H groups in total. The van der Waals surface area contributed by atoms with Crippen LogP contribution in [0.1, 0.15) is 50.0 Å². The third kappa shape index (κ3) is 24.5. The first kappa shape index (κ1) is 23.1. The molecule has 0 aromatic carbocycles. The van der Waals surface area contributed by atoms with E-state index in [1.807, 2.05) is 27.7 Å². The Hall–Kier alpha value is -0.0800. The molecule has 0 radical (unpaired) electrons. The lowest BCUT2D eigenvalue weighted by Crippen LogP contribution is -2.21. The molecule has 0 rings (SSSR count). The fraction of sp³-hybridized carbons (Fsp3) is 1.00. The number of ether oxygens (including phenoxy) is 2. The number of hydrogen-bond acceptors (Lipinski definition) is 2. The van der Waals surface area contributed by atoms with Crippen LogP contribution in [0.15, 0.2) is 0 Å². The molecule has 86 valence electrons. The summed E-state index contributed by atoms with van der Waals surface area (Å²) < 4.78 is 10.5. The fourth-order valence-corrected chi connectivity index (χ4v) is 0.551. The van der Waals surface area contributed by atoms with E-state index in [1.165, 1.54) is 0 Å². The van der Waals surface area contributed by atoms with E-state index in [-0.39, 0.29) is 27.9 Å². The summed E-state index contributed by atoms with van der Waals surface area (Å²) >= 11 is 0. The van der Waals surface area contributed by atoms with Gasteiger partial charge < -0.3 is 9.47 Å². The first-order chi connectivity index (χ1) is 4.56. The molecule has 0 aromatic heterocycles. The number of rotatable bonds is 4. The van der Waals surface area contributed by atoms with Crippen molar-refractivity contribution in [3.05, 3.63) is 0 Å². The smallest absolute Gasteiger partial charge is 0.0707 e. The molecule has 0 aliphatic heterocycles. The van der Waals surface area contributed by atoms with Gasteiger partial charge in [0.05, 0.1) is 18.8 Å². The van der Waals surface area contributed by atoms with E-state index in [4.69, 9.17) is 9.47 Å². The van der Waals surface area contributed by atoms with E-state index in [2.05, 4.69) is 0 Å². The highest BCUT2D eigenvalue weighted by molar-refractivity contribution is 4.57. The third-order valence-corrected chi connectivity index (χ3v) is 0.967. The minimum absolute atomic E-state index is 0. The minimum atomic E-state index is -0.0307. The molecule has 2 nitrogen and oxygen atoms in total. The Balaban J connectivity index is -0.000000135. The molecule has 13 heavy (non-hydrogen) atoms. The third-order valence-electron chi connectivity index (χ3n) is 0.967. The van der Waals surface area contributed by atoms with Crippen molar-refractivity contribution >= 4 is 0 Å². The molecule has 0 saturated carbocycles. The lowest BCUT2D eigenvalue weighted by molar-refractivity contribution is -0.0331. The average molecular weight is 194 g/mol. The second-order valence-electron chi connectivity index (χ2n) is 3.16. The van der Waals surface area contributed by atoms with E-state index < -0.39 is 0 Å². The fourth-order valence-electron chi connectivity index (χ4n) is 0.551. The van der Waals surface area contributed by atoms with Crippen molar-refractivity contribution in [1.82, 2.24) is 0 Å². The molecule has 0 aliphatic rings. The monoisotopic (exact) mass is 194 g/mol. The van der Waals surface area contributed by atoms with Crippen LogP contribution in [0.5, 0.6) is 0 Å². The first-order valence-electron chi connectivity index (χ1n) is 3.78. The minimum Gasteiger partial charge on any atom is -0.379 e. The molecule has 0 spiro atoms. The van der Waals surface area contributed by atoms with E-state index in [0.717, 1.165) is 6.61 Å². The summed E-state index contributed by atoms with van der Waals surface area (Å²) in [5, 5.41) is 0. The standard InChI is InChI=1S/C8H18O2.3CH4/c1-5-9-6-7-10-8(2,3)4;;;/h5-7H2,1-4H3;3*1H4. The molecule has 0 fully saturated rings. The molecule has 0 unspecified atom stereocenters. The van der Waals surface area contributed by atoms with Gasteiger partial charge in [0, 0.05) is 6.61 Å². The van der Waals surface area contributed by atoms with Crippen LogP contribution in [-0.4, -0.2) is 25.4 Å². The van der Waals surface area contributed by atoms with Gasteiger partial charge in [-0.1, -0.05) is 22.3 Å². The van der Waals surface area contributed by atoms with Gasteiger partial charge in [-0.25, -0.2) is 0 Å². The van der Waals surface area contributed by atoms with E-state index >= 15 is 0 Å². The Labute approximate surface area is 85.6 Å². The van der Waals surface area contributed by atoms with Gasteiger partial charge in [-0.05, 0) is 27.7 Å². The molecule has 0 amide bonds. The second-order valence-corrected chi connectivity index (χ2v) is 3.16. The van der Waals surface area contributed by atoms with Gasteiger partial charge in [-0.2, -0.15) is 0 Å². The van der Waals surface area contributed by atoms with Crippen molar-refractivity contribution in [2.24, 2.45) is 0 Å². The highest BCUT2D eigenvalue weighted by Crippen LogP contribution is 2.05. The molecule has 0 heterocycles.